The fourth-order valence-corrected chi connectivity index (χ4v) is 3.78. The van der Waals surface area contributed by atoms with E-state index in [1.165, 1.54) is 0 Å². The van der Waals surface area contributed by atoms with E-state index in [0.717, 1.165) is 40.4 Å². The molecule has 1 unspecified atom stereocenters. The molecule has 162 valence electrons. The van der Waals surface area contributed by atoms with Gasteiger partial charge >= 0.3 is 0 Å². The van der Waals surface area contributed by atoms with E-state index in [0.29, 0.717) is 18.8 Å². The Morgan fingerprint density at radius 2 is 2.16 bits per heavy atom. The Bertz CT molecular complexity index is 1150. The summed E-state index contributed by atoms with van der Waals surface area (Å²) >= 11 is 0. The number of ether oxygens (including phenoxy) is 1. The van der Waals surface area contributed by atoms with Crippen molar-refractivity contribution in [3.05, 3.63) is 64.0 Å². The number of hydrogen-bond acceptors (Lipinski definition) is 5. The molecule has 31 heavy (non-hydrogen) atoms. The molecule has 8 heteroatoms. The summed E-state index contributed by atoms with van der Waals surface area (Å²) in [5, 5.41) is 16.1. The zero-order chi connectivity index (χ0) is 21.8. The Hall–Kier alpha value is -3.39. The molecule has 1 aromatic carbocycles. The molecule has 2 heterocycles. The average Bonchev–Trinajstić information content (AvgIpc) is 3.45. The lowest BCUT2D eigenvalue weighted by Gasteiger charge is -2.24. The maximum atomic E-state index is 13.5. The van der Waals surface area contributed by atoms with Crippen LogP contribution in [0, 0.1) is 0 Å². The fourth-order valence-electron chi connectivity index (χ4n) is 3.78. The normalized spacial score (nSPS) is 15.2. The molecular formula is C23H28N6O2. The standard InChI is InChI=1S/C23H28N6O2/c1-28(2)9-10-29(15-16-5-4-6-19(11-16)31-3)23(30)22-20-8-7-17(12-21(20)26-27-22)18-13-24-25-14-18/h4-6,8,11-14,17,26H,7,9-10,15H2,1-3H3,(H,24,25). The highest BCUT2D eigenvalue weighted by atomic mass is 16.5. The van der Waals surface area contributed by atoms with Crippen LogP contribution in [-0.2, 0) is 6.54 Å². The monoisotopic (exact) mass is 420 g/mol. The molecule has 0 bridgehead atoms. The Morgan fingerprint density at radius 1 is 1.29 bits per heavy atom. The van der Waals surface area contributed by atoms with Gasteiger partial charge in [-0.2, -0.15) is 10.2 Å². The van der Waals surface area contributed by atoms with Gasteiger partial charge in [-0.15, -0.1) is 0 Å². The Kier molecular flexibility index (Phi) is 6.18. The molecule has 8 nitrogen and oxygen atoms in total. The molecule has 0 saturated heterocycles. The first-order chi connectivity index (χ1) is 15.0. The van der Waals surface area contributed by atoms with E-state index >= 15 is 0 Å². The topological polar surface area (TPSA) is 90.1 Å². The number of carbonyl (C=O) groups excluding carboxylic acids is 1. The summed E-state index contributed by atoms with van der Waals surface area (Å²) in [6, 6.07) is 7.82. The van der Waals surface area contributed by atoms with Gasteiger partial charge in [0.15, 0.2) is 5.69 Å². The Morgan fingerprint density at radius 3 is 2.90 bits per heavy atom. The number of H-pyrrole nitrogens is 2. The maximum Gasteiger partial charge on any atom is 0.275 e. The van der Waals surface area contributed by atoms with Crippen LogP contribution in [0.1, 0.15) is 34.0 Å². The van der Waals surface area contributed by atoms with Gasteiger partial charge in [-0.05, 0) is 43.8 Å². The van der Waals surface area contributed by atoms with Gasteiger partial charge in [0, 0.05) is 37.0 Å². The molecule has 0 spiro atoms. The van der Waals surface area contributed by atoms with Gasteiger partial charge < -0.3 is 14.5 Å². The van der Waals surface area contributed by atoms with Crippen molar-refractivity contribution in [3.63, 3.8) is 0 Å². The number of nitrogens with zero attached hydrogens (tertiary/aromatic N) is 4. The van der Waals surface area contributed by atoms with Crippen molar-refractivity contribution in [2.24, 2.45) is 0 Å². The fraction of sp³-hybridized carbons (Fsp3) is 0.348. The second-order valence-electron chi connectivity index (χ2n) is 8.03. The number of amides is 1. The van der Waals surface area contributed by atoms with Crippen LogP contribution >= 0.6 is 0 Å². The number of rotatable bonds is 8. The van der Waals surface area contributed by atoms with Crippen LogP contribution in [-0.4, -0.2) is 70.4 Å². The summed E-state index contributed by atoms with van der Waals surface area (Å²) in [4.78, 5) is 17.4. The van der Waals surface area contributed by atoms with Gasteiger partial charge in [-0.25, -0.2) is 0 Å². The third-order valence-electron chi connectivity index (χ3n) is 5.54. The van der Waals surface area contributed by atoms with E-state index in [2.05, 4.69) is 37.4 Å². The number of methoxy groups -OCH3 is 1. The number of carbonyl (C=O) groups is 1. The smallest absolute Gasteiger partial charge is 0.275 e. The summed E-state index contributed by atoms with van der Waals surface area (Å²) in [6.07, 6.45) is 8.76. The van der Waals surface area contributed by atoms with Crippen LogP contribution < -0.4 is 15.3 Å². The second-order valence-corrected chi connectivity index (χ2v) is 8.03. The van der Waals surface area contributed by atoms with Crippen molar-refractivity contribution in [3.8, 4) is 5.75 Å². The molecule has 2 N–H and O–H groups in total. The minimum absolute atomic E-state index is 0.0754. The molecule has 2 aromatic heterocycles. The zero-order valence-electron chi connectivity index (χ0n) is 18.1. The van der Waals surface area contributed by atoms with Crippen LogP contribution in [0.25, 0.3) is 12.2 Å². The molecule has 0 aliphatic heterocycles. The molecule has 4 rings (SSSR count). The van der Waals surface area contributed by atoms with Gasteiger partial charge in [0.25, 0.3) is 5.91 Å². The molecule has 1 aliphatic rings. The van der Waals surface area contributed by atoms with Crippen LogP contribution in [0.15, 0.2) is 36.7 Å². The van der Waals surface area contributed by atoms with E-state index in [-0.39, 0.29) is 11.8 Å². The van der Waals surface area contributed by atoms with E-state index in [1.807, 2.05) is 55.7 Å². The first-order valence-corrected chi connectivity index (χ1v) is 10.4. The highest BCUT2D eigenvalue weighted by Crippen LogP contribution is 2.22. The van der Waals surface area contributed by atoms with Gasteiger partial charge in [0.05, 0.1) is 18.7 Å². The van der Waals surface area contributed by atoms with Crippen molar-refractivity contribution >= 4 is 18.1 Å². The molecule has 1 amide bonds. The lowest BCUT2D eigenvalue weighted by atomic mass is 9.94. The van der Waals surface area contributed by atoms with Crippen LogP contribution in [0.4, 0.5) is 0 Å². The molecule has 1 atom stereocenters. The van der Waals surface area contributed by atoms with Crippen molar-refractivity contribution in [1.82, 2.24) is 30.2 Å². The molecule has 0 fully saturated rings. The Labute approximate surface area is 181 Å². The number of benzene rings is 1. The van der Waals surface area contributed by atoms with Crippen molar-refractivity contribution in [2.45, 2.75) is 18.9 Å². The first-order valence-electron chi connectivity index (χ1n) is 10.4. The van der Waals surface area contributed by atoms with Gasteiger partial charge in [-0.1, -0.05) is 24.3 Å². The average molecular weight is 421 g/mol. The minimum atomic E-state index is -0.0754. The van der Waals surface area contributed by atoms with Gasteiger partial charge in [0.1, 0.15) is 5.75 Å². The quantitative estimate of drug-likeness (QED) is 0.570. The second kappa shape index (κ2) is 9.18. The zero-order valence-corrected chi connectivity index (χ0v) is 18.1. The summed E-state index contributed by atoms with van der Waals surface area (Å²) in [5.74, 6) is 0.924. The van der Waals surface area contributed by atoms with E-state index in [9.17, 15) is 4.79 Å². The lowest BCUT2D eigenvalue weighted by molar-refractivity contribution is 0.0724. The van der Waals surface area contributed by atoms with Crippen molar-refractivity contribution in [1.29, 1.82) is 0 Å². The minimum Gasteiger partial charge on any atom is -0.497 e. The van der Waals surface area contributed by atoms with E-state index < -0.39 is 0 Å². The Balaban J connectivity index is 1.61. The lowest BCUT2D eigenvalue weighted by Crippen LogP contribution is -2.40. The van der Waals surface area contributed by atoms with E-state index in [1.54, 1.807) is 7.11 Å². The summed E-state index contributed by atoms with van der Waals surface area (Å²) < 4.78 is 5.34. The van der Waals surface area contributed by atoms with Crippen LogP contribution in [0.2, 0.25) is 0 Å². The van der Waals surface area contributed by atoms with E-state index in [4.69, 9.17) is 4.74 Å². The van der Waals surface area contributed by atoms with Crippen molar-refractivity contribution < 1.29 is 9.53 Å². The maximum absolute atomic E-state index is 13.5. The third kappa shape index (κ3) is 4.69. The number of aromatic amines is 2. The summed E-state index contributed by atoms with van der Waals surface area (Å²) in [5.41, 5.74) is 2.61. The highest BCUT2D eigenvalue weighted by molar-refractivity contribution is 5.92. The SMILES string of the molecule is COc1cccc(CN(CCN(C)C)C(=O)c2n[nH]c3c2=CCC(c2cn[nH]c2)C=3)c1. The highest BCUT2D eigenvalue weighted by Gasteiger charge is 2.22. The number of nitrogens with one attached hydrogen (secondary N) is 2. The van der Waals surface area contributed by atoms with Gasteiger partial charge in [-0.3, -0.25) is 15.0 Å². The molecule has 1 aliphatic carbocycles. The third-order valence-corrected chi connectivity index (χ3v) is 5.54. The predicted octanol–water partition coefficient (Wildman–Crippen LogP) is 1.09. The van der Waals surface area contributed by atoms with Crippen LogP contribution in [0.3, 0.4) is 0 Å². The first kappa shape index (κ1) is 20.9. The molecule has 0 radical (unpaired) electrons. The van der Waals surface area contributed by atoms with Crippen molar-refractivity contribution in [2.75, 3.05) is 34.3 Å². The number of hydrogen-bond donors (Lipinski definition) is 2. The van der Waals surface area contributed by atoms with Crippen LogP contribution in [0.5, 0.6) is 5.75 Å². The summed E-state index contributed by atoms with van der Waals surface area (Å²) in [7, 11) is 5.65. The number of likely N-dealkylation sites (N-methyl/N-ethyl adjacent to an activating group) is 1. The summed E-state index contributed by atoms with van der Waals surface area (Å²) in [6.45, 7) is 1.86. The molecular weight excluding hydrogens is 392 g/mol. The number of fused-ring (bicyclic) bond motifs is 1. The van der Waals surface area contributed by atoms with Gasteiger partial charge in [0.2, 0.25) is 0 Å². The largest absolute Gasteiger partial charge is 0.497 e. The molecule has 3 aromatic rings. The number of aromatic nitrogens is 4. The molecule has 0 saturated carbocycles. The predicted molar refractivity (Wildman–Crippen MR) is 119 cm³/mol.